The molecule has 1 saturated heterocycles. The largest absolute Gasteiger partial charge is 0.453 e. The Morgan fingerprint density at radius 1 is 1.50 bits per heavy atom. The second kappa shape index (κ2) is 6.04. The molecule has 1 aromatic rings. The molecule has 7 nitrogen and oxygen atoms in total. The summed E-state index contributed by atoms with van der Waals surface area (Å²) in [4.78, 5) is 13.3. The Morgan fingerprint density at radius 2 is 2.25 bits per heavy atom. The summed E-state index contributed by atoms with van der Waals surface area (Å²) in [5.74, 6) is 0.824. The number of aromatic nitrogens is 2. The van der Waals surface area contributed by atoms with Gasteiger partial charge in [0.1, 0.15) is 0 Å². The minimum atomic E-state index is -0.401. The maximum atomic E-state index is 11.2. The lowest BCUT2D eigenvalue weighted by Crippen LogP contribution is -2.37. The van der Waals surface area contributed by atoms with E-state index in [4.69, 9.17) is 5.73 Å². The fraction of sp³-hybridized carbons (Fsp3) is 0.615. The fourth-order valence-corrected chi connectivity index (χ4v) is 2.44. The first-order chi connectivity index (χ1) is 9.56. The van der Waals surface area contributed by atoms with Gasteiger partial charge in [0.25, 0.3) is 0 Å². The number of carbonyl (C=O) groups is 1. The molecule has 2 rings (SSSR count). The third-order valence-corrected chi connectivity index (χ3v) is 3.76. The van der Waals surface area contributed by atoms with Crippen LogP contribution in [0.5, 0.6) is 0 Å². The maximum absolute atomic E-state index is 11.2. The van der Waals surface area contributed by atoms with Crippen molar-refractivity contribution in [1.29, 1.82) is 0 Å². The molecular weight excluding hydrogens is 258 g/mol. The first kappa shape index (κ1) is 14.5. The third-order valence-electron chi connectivity index (χ3n) is 3.76. The number of alkyl carbamates (subject to hydrolysis) is 1. The van der Waals surface area contributed by atoms with Crippen LogP contribution in [0.2, 0.25) is 0 Å². The molecule has 0 radical (unpaired) electrons. The van der Waals surface area contributed by atoms with Crippen molar-refractivity contribution < 1.29 is 9.53 Å². The first-order valence-electron chi connectivity index (χ1n) is 6.69. The zero-order valence-electron chi connectivity index (χ0n) is 12.1. The quantitative estimate of drug-likeness (QED) is 0.836. The van der Waals surface area contributed by atoms with Crippen LogP contribution >= 0.6 is 0 Å². The van der Waals surface area contributed by atoms with Gasteiger partial charge < -0.3 is 20.7 Å². The summed E-state index contributed by atoms with van der Waals surface area (Å²) < 4.78 is 4.62. The summed E-state index contributed by atoms with van der Waals surface area (Å²) in [7, 11) is 1.36. The lowest BCUT2D eigenvalue weighted by molar-refractivity contribution is 0.167. The molecule has 1 unspecified atom stereocenters. The molecule has 3 N–H and O–H groups in total. The van der Waals surface area contributed by atoms with Gasteiger partial charge in [-0.2, -0.15) is 5.10 Å². The third kappa shape index (κ3) is 2.82. The van der Waals surface area contributed by atoms with Gasteiger partial charge in [0, 0.05) is 25.2 Å². The van der Waals surface area contributed by atoms with Gasteiger partial charge >= 0.3 is 6.09 Å². The molecule has 1 aliphatic rings. The van der Waals surface area contributed by atoms with E-state index in [1.54, 1.807) is 0 Å². The second-order valence-electron chi connectivity index (χ2n) is 4.98. The van der Waals surface area contributed by atoms with Crippen LogP contribution in [-0.2, 0) is 11.3 Å². The highest BCUT2D eigenvalue weighted by molar-refractivity contribution is 5.67. The van der Waals surface area contributed by atoms with Crippen LogP contribution in [0.4, 0.5) is 10.6 Å². The predicted molar refractivity (Wildman–Crippen MR) is 75.6 cm³/mol. The molecule has 0 aliphatic carbocycles. The van der Waals surface area contributed by atoms with E-state index in [1.165, 1.54) is 7.11 Å². The molecule has 0 bridgehead atoms. The minimum Gasteiger partial charge on any atom is -0.453 e. The van der Waals surface area contributed by atoms with E-state index in [1.807, 2.05) is 13.8 Å². The van der Waals surface area contributed by atoms with Crippen LogP contribution in [0.15, 0.2) is 0 Å². The number of ether oxygens (including phenoxy) is 1. The number of anilines is 1. The molecule has 20 heavy (non-hydrogen) atoms. The number of nitrogens with zero attached hydrogens (tertiary/aromatic N) is 3. The van der Waals surface area contributed by atoms with Crippen molar-refractivity contribution in [1.82, 2.24) is 15.5 Å². The van der Waals surface area contributed by atoms with Gasteiger partial charge in [-0.05, 0) is 25.8 Å². The van der Waals surface area contributed by atoms with E-state index in [9.17, 15) is 4.79 Å². The highest BCUT2D eigenvalue weighted by Crippen LogP contribution is 2.25. The lowest BCUT2D eigenvalue weighted by atomic mass is 10.1. The fourth-order valence-electron chi connectivity index (χ4n) is 2.44. The van der Waals surface area contributed by atoms with Crippen molar-refractivity contribution in [3.8, 4) is 0 Å². The molecule has 2 heterocycles. The van der Waals surface area contributed by atoms with Crippen molar-refractivity contribution in [3.05, 3.63) is 16.8 Å². The summed E-state index contributed by atoms with van der Waals surface area (Å²) in [5, 5.41) is 11.3. The molecule has 1 amide bonds. The molecular formula is C13H21N5O2. The van der Waals surface area contributed by atoms with Crippen LogP contribution in [-0.4, -0.2) is 42.5 Å². The van der Waals surface area contributed by atoms with Crippen LogP contribution in [0.25, 0.3) is 0 Å². The average molecular weight is 279 g/mol. The number of aryl methyl sites for hydroxylation is 1. The Hall–Kier alpha value is -1.89. The Balaban J connectivity index is 2.14. The van der Waals surface area contributed by atoms with E-state index in [0.29, 0.717) is 13.1 Å². The highest BCUT2D eigenvalue weighted by atomic mass is 16.5. The van der Waals surface area contributed by atoms with Gasteiger partial charge in [-0.25, -0.2) is 4.79 Å². The topological polar surface area (TPSA) is 93.4 Å². The SMILES string of the molecule is COC(=O)NC1CCN(c2nnc(C)c(C)c2CN)C1. The van der Waals surface area contributed by atoms with Crippen molar-refractivity contribution >= 4 is 11.9 Å². The molecule has 7 heteroatoms. The number of nitrogens with one attached hydrogen (secondary N) is 1. The second-order valence-corrected chi connectivity index (χ2v) is 4.98. The van der Waals surface area contributed by atoms with Crippen LogP contribution in [0, 0.1) is 13.8 Å². The number of nitrogens with two attached hydrogens (primary N) is 1. The van der Waals surface area contributed by atoms with Gasteiger partial charge in [-0.3, -0.25) is 0 Å². The zero-order valence-corrected chi connectivity index (χ0v) is 12.1. The number of hydrogen-bond acceptors (Lipinski definition) is 6. The summed E-state index contributed by atoms with van der Waals surface area (Å²) in [6.45, 7) is 5.88. The predicted octanol–water partition coefficient (Wildman–Crippen LogP) is 0.487. The normalized spacial score (nSPS) is 18.2. The average Bonchev–Trinajstić information content (AvgIpc) is 2.89. The summed E-state index contributed by atoms with van der Waals surface area (Å²) in [6.07, 6.45) is 0.454. The van der Waals surface area contributed by atoms with Crippen LogP contribution < -0.4 is 16.0 Å². The smallest absolute Gasteiger partial charge is 0.407 e. The van der Waals surface area contributed by atoms with Crippen LogP contribution in [0.1, 0.15) is 23.2 Å². The van der Waals surface area contributed by atoms with Crippen molar-refractivity contribution in [2.75, 3.05) is 25.1 Å². The Kier molecular flexibility index (Phi) is 4.39. The molecule has 1 fully saturated rings. The molecule has 0 aromatic carbocycles. The zero-order chi connectivity index (χ0) is 14.7. The van der Waals surface area contributed by atoms with Gasteiger partial charge in [-0.1, -0.05) is 0 Å². The minimum absolute atomic E-state index is 0.0662. The standard InChI is InChI=1S/C13H21N5O2/c1-8-9(2)16-17-12(11(8)6-14)18-5-4-10(7-18)15-13(19)20-3/h10H,4-7,14H2,1-3H3,(H,15,19). The van der Waals surface area contributed by atoms with Crippen molar-refractivity contribution in [3.63, 3.8) is 0 Å². The van der Waals surface area contributed by atoms with Gasteiger partial charge in [0.05, 0.1) is 18.8 Å². The monoisotopic (exact) mass is 279 g/mol. The number of rotatable bonds is 3. The lowest BCUT2D eigenvalue weighted by Gasteiger charge is -2.21. The van der Waals surface area contributed by atoms with Gasteiger partial charge in [-0.15, -0.1) is 5.10 Å². The molecule has 1 aliphatic heterocycles. The van der Waals surface area contributed by atoms with Gasteiger partial charge in [0.15, 0.2) is 5.82 Å². The Bertz CT molecular complexity index is 506. The van der Waals surface area contributed by atoms with Crippen LogP contribution in [0.3, 0.4) is 0 Å². The van der Waals surface area contributed by atoms with E-state index < -0.39 is 6.09 Å². The number of methoxy groups -OCH3 is 1. The molecule has 1 aromatic heterocycles. The first-order valence-corrected chi connectivity index (χ1v) is 6.69. The Morgan fingerprint density at radius 3 is 2.90 bits per heavy atom. The summed E-state index contributed by atoms with van der Waals surface area (Å²) >= 11 is 0. The van der Waals surface area contributed by atoms with E-state index in [2.05, 4.69) is 25.2 Å². The van der Waals surface area contributed by atoms with Gasteiger partial charge in [0.2, 0.25) is 0 Å². The molecule has 110 valence electrons. The Labute approximate surface area is 118 Å². The molecule has 1 atom stereocenters. The molecule has 0 spiro atoms. The van der Waals surface area contributed by atoms with Crippen molar-refractivity contribution in [2.45, 2.75) is 32.9 Å². The van der Waals surface area contributed by atoms with E-state index in [-0.39, 0.29) is 6.04 Å². The number of amides is 1. The van der Waals surface area contributed by atoms with Crippen molar-refractivity contribution in [2.24, 2.45) is 5.73 Å². The number of carbonyl (C=O) groups excluding carboxylic acids is 1. The summed E-state index contributed by atoms with van der Waals surface area (Å²) in [5.41, 5.74) is 8.85. The highest BCUT2D eigenvalue weighted by Gasteiger charge is 2.27. The maximum Gasteiger partial charge on any atom is 0.407 e. The molecule has 0 saturated carbocycles. The number of hydrogen-bond donors (Lipinski definition) is 2. The van der Waals surface area contributed by atoms with E-state index >= 15 is 0 Å². The van der Waals surface area contributed by atoms with E-state index in [0.717, 1.165) is 35.6 Å². The summed E-state index contributed by atoms with van der Waals surface area (Å²) in [6, 6.07) is 0.0662.